The first-order valence-electron chi connectivity index (χ1n) is 8.28. The van der Waals surface area contributed by atoms with E-state index in [2.05, 4.69) is 10.3 Å². The summed E-state index contributed by atoms with van der Waals surface area (Å²) in [6.07, 6.45) is 0. The van der Waals surface area contributed by atoms with Crippen LogP contribution in [0.1, 0.15) is 27.4 Å². The molecule has 0 aliphatic carbocycles. The highest BCUT2D eigenvalue weighted by Gasteiger charge is 2.17. The van der Waals surface area contributed by atoms with Crippen molar-refractivity contribution in [3.05, 3.63) is 84.5 Å². The fourth-order valence-electron chi connectivity index (χ4n) is 2.78. The van der Waals surface area contributed by atoms with Crippen molar-refractivity contribution in [3.8, 4) is 11.3 Å². The second-order valence-electron chi connectivity index (χ2n) is 6.21. The molecule has 0 saturated heterocycles. The lowest BCUT2D eigenvalue weighted by Gasteiger charge is -2.07. The summed E-state index contributed by atoms with van der Waals surface area (Å²) in [6, 6.07) is 8.81. The Bertz CT molecular complexity index is 1130. The molecule has 0 saturated carbocycles. The summed E-state index contributed by atoms with van der Waals surface area (Å²) in [5, 5.41) is 13.6. The van der Waals surface area contributed by atoms with Crippen molar-refractivity contribution in [1.82, 2.24) is 10.3 Å². The SMILES string of the molecule is Cc1cc(C)c(CNC(=O)c2ccc(-c3ccc([N+](=O)[O-])cc3Cl)o2)c(=O)[nH]1. The number of aromatic nitrogens is 1. The fraction of sp³-hybridized carbons (Fsp3) is 0.158. The van der Waals surface area contributed by atoms with E-state index in [0.29, 0.717) is 16.9 Å². The third-order valence-electron chi connectivity index (χ3n) is 4.18. The van der Waals surface area contributed by atoms with Crippen LogP contribution in [-0.2, 0) is 6.54 Å². The minimum Gasteiger partial charge on any atom is -0.451 e. The van der Waals surface area contributed by atoms with Gasteiger partial charge >= 0.3 is 0 Å². The number of nitrogens with one attached hydrogen (secondary N) is 2. The number of hydrogen-bond acceptors (Lipinski definition) is 5. The summed E-state index contributed by atoms with van der Waals surface area (Å²) in [6.45, 7) is 3.63. The molecule has 8 nitrogen and oxygen atoms in total. The molecule has 0 unspecified atom stereocenters. The Morgan fingerprint density at radius 2 is 2.00 bits per heavy atom. The molecule has 1 amide bonds. The van der Waals surface area contributed by atoms with Crippen molar-refractivity contribution < 1.29 is 14.1 Å². The van der Waals surface area contributed by atoms with Gasteiger partial charge in [-0.15, -0.1) is 0 Å². The monoisotopic (exact) mass is 401 g/mol. The van der Waals surface area contributed by atoms with Gasteiger partial charge in [0, 0.05) is 35.5 Å². The third-order valence-corrected chi connectivity index (χ3v) is 4.49. The van der Waals surface area contributed by atoms with Crippen molar-refractivity contribution in [2.45, 2.75) is 20.4 Å². The normalized spacial score (nSPS) is 10.7. The molecule has 1 aromatic carbocycles. The maximum absolute atomic E-state index is 12.3. The average molecular weight is 402 g/mol. The summed E-state index contributed by atoms with van der Waals surface area (Å²) < 4.78 is 5.53. The molecule has 2 aromatic heterocycles. The quantitative estimate of drug-likeness (QED) is 0.498. The van der Waals surface area contributed by atoms with Crippen LogP contribution in [0.4, 0.5) is 5.69 Å². The molecule has 3 aromatic rings. The molecule has 2 heterocycles. The molecule has 28 heavy (non-hydrogen) atoms. The van der Waals surface area contributed by atoms with Crippen molar-refractivity contribution in [1.29, 1.82) is 0 Å². The van der Waals surface area contributed by atoms with E-state index in [1.165, 1.54) is 24.3 Å². The smallest absolute Gasteiger partial charge is 0.287 e. The van der Waals surface area contributed by atoms with E-state index in [9.17, 15) is 19.7 Å². The highest BCUT2D eigenvalue weighted by atomic mass is 35.5. The molecule has 0 aliphatic rings. The number of carbonyl (C=O) groups is 1. The molecular formula is C19H16ClN3O5. The maximum atomic E-state index is 12.3. The van der Waals surface area contributed by atoms with Gasteiger partial charge in [0.2, 0.25) is 0 Å². The van der Waals surface area contributed by atoms with E-state index in [-0.39, 0.29) is 28.6 Å². The fourth-order valence-corrected chi connectivity index (χ4v) is 3.05. The van der Waals surface area contributed by atoms with E-state index in [1.54, 1.807) is 19.9 Å². The number of rotatable bonds is 5. The zero-order valence-electron chi connectivity index (χ0n) is 15.0. The van der Waals surface area contributed by atoms with Crippen LogP contribution in [0.15, 0.2) is 45.6 Å². The van der Waals surface area contributed by atoms with Crippen molar-refractivity contribution in [2.24, 2.45) is 0 Å². The number of furan rings is 1. The van der Waals surface area contributed by atoms with Gasteiger partial charge in [-0.3, -0.25) is 19.7 Å². The largest absolute Gasteiger partial charge is 0.451 e. The molecule has 0 atom stereocenters. The molecule has 2 N–H and O–H groups in total. The van der Waals surface area contributed by atoms with Gasteiger partial charge in [0.1, 0.15) is 5.76 Å². The molecule has 144 valence electrons. The van der Waals surface area contributed by atoms with E-state index >= 15 is 0 Å². The Kier molecular flexibility index (Phi) is 5.32. The lowest BCUT2D eigenvalue weighted by Crippen LogP contribution is -2.27. The van der Waals surface area contributed by atoms with Gasteiger partial charge in [0.15, 0.2) is 5.76 Å². The number of aryl methyl sites for hydroxylation is 2. The molecule has 9 heteroatoms. The highest BCUT2D eigenvalue weighted by Crippen LogP contribution is 2.32. The number of benzene rings is 1. The van der Waals surface area contributed by atoms with Gasteiger partial charge in [-0.05, 0) is 43.7 Å². The minimum atomic E-state index is -0.550. The number of nitrogens with zero attached hydrogens (tertiary/aromatic N) is 1. The van der Waals surface area contributed by atoms with E-state index < -0.39 is 10.8 Å². The Balaban J connectivity index is 1.76. The number of carbonyl (C=O) groups excluding carboxylic acids is 1. The lowest BCUT2D eigenvalue weighted by atomic mass is 10.1. The van der Waals surface area contributed by atoms with E-state index in [1.807, 2.05) is 6.07 Å². The number of nitro benzene ring substituents is 1. The molecule has 0 bridgehead atoms. The van der Waals surface area contributed by atoms with Crippen LogP contribution in [0.5, 0.6) is 0 Å². The van der Waals surface area contributed by atoms with Crippen molar-refractivity contribution >= 4 is 23.2 Å². The average Bonchev–Trinajstić information content (AvgIpc) is 3.10. The van der Waals surface area contributed by atoms with Crippen molar-refractivity contribution in [2.75, 3.05) is 0 Å². The van der Waals surface area contributed by atoms with Crippen LogP contribution in [0.3, 0.4) is 0 Å². The first kappa shape index (κ1) is 19.4. The highest BCUT2D eigenvalue weighted by molar-refractivity contribution is 6.33. The van der Waals surface area contributed by atoms with Gasteiger partial charge in [0.05, 0.1) is 9.95 Å². The first-order chi connectivity index (χ1) is 13.3. The number of nitro groups is 1. The van der Waals surface area contributed by atoms with Gasteiger partial charge in [0.25, 0.3) is 17.2 Å². The first-order valence-corrected chi connectivity index (χ1v) is 8.66. The van der Waals surface area contributed by atoms with Crippen LogP contribution >= 0.6 is 11.6 Å². The van der Waals surface area contributed by atoms with E-state index in [0.717, 1.165) is 11.3 Å². The Labute approximate surface area is 164 Å². The predicted molar refractivity (Wildman–Crippen MR) is 104 cm³/mol. The zero-order valence-corrected chi connectivity index (χ0v) is 15.8. The molecular weight excluding hydrogens is 386 g/mol. The maximum Gasteiger partial charge on any atom is 0.287 e. The number of halogens is 1. The molecule has 0 aliphatic heterocycles. The standard InChI is InChI=1S/C19H16ClN3O5/c1-10-7-11(2)22-18(24)14(10)9-21-19(25)17-6-5-16(28-17)13-4-3-12(23(26)27)8-15(13)20/h3-8H,9H2,1-2H3,(H,21,25)(H,22,24). The van der Waals surface area contributed by atoms with Gasteiger partial charge in [-0.2, -0.15) is 0 Å². The van der Waals surface area contributed by atoms with Gasteiger partial charge in [-0.1, -0.05) is 11.6 Å². The molecule has 3 rings (SSSR count). The van der Waals surface area contributed by atoms with Gasteiger partial charge < -0.3 is 14.7 Å². The number of non-ortho nitro benzene ring substituents is 1. The van der Waals surface area contributed by atoms with Crippen molar-refractivity contribution in [3.63, 3.8) is 0 Å². The number of amides is 1. The number of hydrogen-bond donors (Lipinski definition) is 2. The van der Waals surface area contributed by atoms with Crippen LogP contribution in [0.2, 0.25) is 5.02 Å². The predicted octanol–water partition coefficient (Wildman–Crippen LogP) is 3.74. The molecule has 0 fully saturated rings. The summed E-state index contributed by atoms with van der Waals surface area (Å²) in [5.41, 5.74) is 2.02. The zero-order chi connectivity index (χ0) is 20.4. The second-order valence-corrected chi connectivity index (χ2v) is 6.62. The summed E-state index contributed by atoms with van der Waals surface area (Å²) >= 11 is 6.08. The Morgan fingerprint density at radius 1 is 1.25 bits per heavy atom. The number of H-pyrrole nitrogens is 1. The number of aromatic amines is 1. The Hall–Kier alpha value is -3.39. The van der Waals surface area contributed by atoms with Gasteiger partial charge in [-0.25, -0.2) is 0 Å². The van der Waals surface area contributed by atoms with E-state index in [4.69, 9.17) is 16.0 Å². The van der Waals surface area contributed by atoms with Crippen LogP contribution in [0.25, 0.3) is 11.3 Å². The number of pyridine rings is 1. The van der Waals surface area contributed by atoms with Crippen LogP contribution in [0, 0.1) is 24.0 Å². The summed E-state index contributed by atoms with van der Waals surface area (Å²) in [7, 11) is 0. The topological polar surface area (TPSA) is 118 Å². The summed E-state index contributed by atoms with van der Waals surface area (Å²) in [5.74, 6) is -0.163. The Morgan fingerprint density at radius 3 is 2.64 bits per heavy atom. The summed E-state index contributed by atoms with van der Waals surface area (Å²) in [4.78, 5) is 37.3. The van der Waals surface area contributed by atoms with Crippen LogP contribution in [-0.4, -0.2) is 15.8 Å². The minimum absolute atomic E-state index is 0.0330. The molecule has 0 spiro atoms. The third kappa shape index (κ3) is 3.96. The second kappa shape index (κ2) is 7.69. The lowest BCUT2D eigenvalue weighted by molar-refractivity contribution is -0.384. The van der Waals surface area contributed by atoms with Crippen LogP contribution < -0.4 is 10.9 Å². The molecule has 0 radical (unpaired) electrons.